The lowest BCUT2D eigenvalue weighted by Gasteiger charge is -2.52. The molecule has 1 aliphatic rings. The summed E-state index contributed by atoms with van der Waals surface area (Å²) >= 11 is 0. The molecule has 0 aromatic carbocycles. The molecular weight excluding hydrogens is 333 g/mol. The Kier molecular flexibility index (Phi) is 3.78. The van der Waals surface area contributed by atoms with Crippen LogP contribution in [-0.4, -0.2) is 49.0 Å². The van der Waals surface area contributed by atoms with E-state index in [1.165, 1.54) is 0 Å². The van der Waals surface area contributed by atoms with Gasteiger partial charge < -0.3 is 4.74 Å². The van der Waals surface area contributed by atoms with Gasteiger partial charge >= 0.3 is 29.6 Å². The number of ether oxygens (including phenoxy) is 1. The van der Waals surface area contributed by atoms with Crippen LogP contribution in [0.3, 0.4) is 0 Å². The van der Waals surface area contributed by atoms with Gasteiger partial charge in [0.1, 0.15) is 0 Å². The topological polar surface area (TPSA) is 9.23 Å². The second kappa shape index (κ2) is 4.35. The summed E-state index contributed by atoms with van der Waals surface area (Å²) in [4.78, 5) is 0. The molecule has 1 fully saturated rings. The lowest BCUT2D eigenvalue weighted by atomic mass is 9.71. The van der Waals surface area contributed by atoms with Crippen molar-refractivity contribution in [2.45, 2.75) is 41.7 Å². The molecule has 0 atom stereocenters. The minimum Gasteiger partial charge on any atom is -0.385 e. The van der Waals surface area contributed by atoms with Gasteiger partial charge in [-0.15, -0.1) is 0 Å². The zero-order valence-corrected chi connectivity index (χ0v) is 9.98. The molecule has 0 unspecified atom stereocenters. The standard InChI is InChI=1S/C9H7F11O/c1-21-3-2-4(10)5(11,12)7(15,16)9(19,20)8(17,18)6(4,13)14/h2-3H2,1H3. The van der Waals surface area contributed by atoms with Gasteiger partial charge in [-0.05, 0) is 0 Å². The zero-order chi connectivity index (χ0) is 17.1. The normalized spacial score (nSPS) is 30.9. The molecule has 0 bridgehead atoms. The summed E-state index contributed by atoms with van der Waals surface area (Å²) in [6.07, 6.45) is -2.34. The van der Waals surface area contributed by atoms with Gasteiger partial charge in [-0.1, -0.05) is 0 Å². The highest BCUT2D eigenvalue weighted by Crippen LogP contribution is 2.70. The van der Waals surface area contributed by atoms with Crippen molar-refractivity contribution in [3.05, 3.63) is 0 Å². The van der Waals surface area contributed by atoms with Crippen molar-refractivity contribution in [3.8, 4) is 0 Å². The summed E-state index contributed by atoms with van der Waals surface area (Å²) in [5.41, 5.74) is -5.93. The van der Waals surface area contributed by atoms with E-state index in [4.69, 9.17) is 0 Å². The molecule has 0 aliphatic heterocycles. The second-order valence-corrected chi connectivity index (χ2v) is 4.42. The van der Waals surface area contributed by atoms with Crippen LogP contribution in [0.1, 0.15) is 6.42 Å². The largest absolute Gasteiger partial charge is 0.385 e. The van der Waals surface area contributed by atoms with Crippen molar-refractivity contribution in [2.24, 2.45) is 0 Å². The molecule has 21 heavy (non-hydrogen) atoms. The van der Waals surface area contributed by atoms with Crippen LogP contribution in [0.25, 0.3) is 0 Å². The van der Waals surface area contributed by atoms with Crippen LogP contribution in [-0.2, 0) is 4.74 Å². The number of alkyl halides is 11. The van der Waals surface area contributed by atoms with Crippen LogP contribution in [0.4, 0.5) is 48.3 Å². The molecule has 1 rings (SSSR count). The first kappa shape index (κ1) is 18.2. The fourth-order valence-corrected chi connectivity index (χ4v) is 1.84. The first-order chi connectivity index (χ1) is 9.06. The van der Waals surface area contributed by atoms with Gasteiger partial charge in [0.25, 0.3) is 5.67 Å². The molecule has 0 N–H and O–H groups in total. The van der Waals surface area contributed by atoms with Gasteiger partial charge in [0.05, 0.1) is 0 Å². The third-order valence-corrected chi connectivity index (χ3v) is 3.22. The molecule has 12 heteroatoms. The lowest BCUT2D eigenvalue weighted by molar-refractivity contribution is -0.486. The first-order valence-corrected chi connectivity index (χ1v) is 5.13. The number of rotatable bonds is 3. The van der Waals surface area contributed by atoms with Crippen molar-refractivity contribution in [2.75, 3.05) is 13.7 Å². The van der Waals surface area contributed by atoms with E-state index in [0.717, 1.165) is 0 Å². The maximum absolute atomic E-state index is 13.8. The Labute approximate surface area is 110 Å². The molecule has 126 valence electrons. The highest BCUT2D eigenvalue weighted by Gasteiger charge is 3.00. The molecule has 0 spiro atoms. The zero-order valence-electron chi connectivity index (χ0n) is 9.98. The van der Waals surface area contributed by atoms with Gasteiger partial charge in [-0.2, -0.15) is 43.9 Å². The second-order valence-electron chi connectivity index (χ2n) is 4.42. The predicted octanol–water partition coefficient (Wildman–Crippen LogP) is 3.92. The molecule has 0 amide bonds. The van der Waals surface area contributed by atoms with Crippen molar-refractivity contribution in [3.63, 3.8) is 0 Å². The quantitative estimate of drug-likeness (QED) is 0.708. The molecule has 0 saturated heterocycles. The summed E-state index contributed by atoms with van der Waals surface area (Å²) in [6.45, 7) is -1.40. The Hall–Kier alpha value is -0.810. The van der Waals surface area contributed by atoms with Crippen molar-refractivity contribution in [1.29, 1.82) is 0 Å². The third kappa shape index (κ3) is 1.67. The average Bonchev–Trinajstić information content (AvgIpc) is 2.33. The molecule has 1 nitrogen and oxygen atoms in total. The smallest absolute Gasteiger partial charge is 0.384 e. The Bertz CT molecular complexity index is 386. The minimum atomic E-state index is -7.16. The van der Waals surface area contributed by atoms with Gasteiger partial charge in [0.15, 0.2) is 0 Å². The SMILES string of the molecule is COCCC1(F)C(F)(F)C(F)(F)C(F)(F)C(F)(F)C1(F)F. The van der Waals surface area contributed by atoms with Crippen molar-refractivity contribution >= 4 is 0 Å². The highest BCUT2D eigenvalue weighted by molar-refractivity contribution is 5.26. The molecule has 0 radical (unpaired) electrons. The molecular formula is C9H7F11O. The van der Waals surface area contributed by atoms with E-state index in [9.17, 15) is 48.3 Å². The molecule has 1 saturated carbocycles. The van der Waals surface area contributed by atoms with Gasteiger partial charge in [-0.25, -0.2) is 4.39 Å². The van der Waals surface area contributed by atoms with E-state index < -0.39 is 48.3 Å². The minimum absolute atomic E-state index is 0.646. The molecule has 0 aromatic rings. The highest BCUT2D eigenvalue weighted by atomic mass is 19.4. The van der Waals surface area contributed by atoms with Crippen LogP contribution in [0.2, 0.25) is 0 Å². The summed E-state index contributed by atoms with van der Waals surface area (Å²) in [7, 11) is 0.646. The number of methoxy groups -OCH3 is 1. The van der Waals surface area contributed by atoms with E-state index in [-0.39, 0.29) is 0 Å². The summed E-state index contributed by atoms with van der Waals surface area (Å²) in [5.74, 6) is -34.7. The van der Waals surface area contributed by atoms with E-state index in [1.54, 1.807) is 0 Å². The number of halogens is 11. The van der Waals surface area contributed by atoms with E-state index in [0.29, 0.717) is 7.11 Å². The summed E-state index contributed by atoms with van der Waals surface area (Å²) < 4.78 is 148. The molecule has 0 aromatic heterocycles. The Morgan fingerprint density at radius 2 is 0.857 bits per heavy atom. The van der Waals surface area contributed by atoms with Crippen LogP contribution in [0.15, 0.2) is 0 Å². The maximum Gasteiger partial charge on any atom is 0.384 e. The van der Waals surface area contributed by atoms with Crippen LogP contribution in [0, 0.1) is 0 Å². The monoisotopic (exact) mass is 340 g/mol. The molecule has 1 aliphatic carbocycles. The van der Waals surface area contributed by atoms with E-state index >= 15 is 0 Å². The fourth-order valence-electron chi connectivity index (χ4n) is 1.84. The Morgan fingerprint density at radius 3 is 1.14 bits per heavy atom. The third-order valence-electron chi connectivity index (χ3n) is 3.22. The fraction of sp³-hybridized carbons (Fsp3) is 1.00. The lowest BCUT2D eigenvalue weighted by Crippen LogP contribution is -2.83. The number of hydrogen-bond acceptors (Lipinski definition) is 1. The Balaban J connectivity index is 3.66. The van der Waals surface area contributed by atoms with Crippen molar-refractivity contribution in [1.82, 2.24) is 0 Å². The maximum atomic E-state index is 13.8. The van der Waals surface area contributed by atoms with Gasteiger partial charge in [0, 0.05) is 20.1 Å². The Morgan fingerprint density at radius 1 is 0.571 bits per heavy atom. The average molecular weight is 340 g/mol. The van der Waals surface area contributed by atoms with Crippen LogP contribution >= 0.6 is 0 Å². The van der Waals surface area contributed by atoms with E-state index in [1.807, 2.05) is 0 Å². The predicted molar refractivity (Wildman–Crippen MR) is 45.1 cm³/mol. The van der Waals surface area contributed by atoms with Crippen molar-refractivity contribution < 1.29 is 53.0 Å². The first-order valence-electron chi connectivity index (χ1n) is 5.13. The van der Waals surface area contributed by atoms with Gasteiger partial charge in [-0.3, -0.25) is 0 Å². The van der Waals surface area contributed by atoms with Crippen LogP contribution in [0.5, 0.6) is 0 Å². The summed E-state index contributed by atoms with van der Waals surface area (Å²) in [5, 5.41) is 0. The molecule has 0 heterocycles. The summed E-state index contributed by atoms with van der Waals surface area (Å²) in [6, 6.07) is 0. The van der Waals surface area contributed by atoms with E-state index in [2.05, 4.69) is 4.74 Å². The number of hydrogen-bond donors (Lipinski definition) is 0. The van der Waals surface area contributed by atoms with Gasteiger partial charge in [0.2, 0.25) is 0 Å². The van der Waals surface area contributed by atoms with Crippen LogP contribution < -0.4 is 0 Å².